The molecular weight excluding hydrogens is 252 g/mol. The van der Waals surface area contributed by atoms with Crippen molar-refractivity contribution in [3.63, 3.8) is 0 Å². The Kier molecular flexibility index (Phi) is 3.32. The molecule has 0 atom stereocenters. The van der Waals surface area contributed by atoms with Gasteiger partial charge in [-0.05, 0) is 35.4 Å². The van der Waals surface area contributed by atoms with Gasteiger partial charge in [-0.15, -0.1) is 5.73 Å². The maximum atomic E-state index is 4.54. The van der Waals surface area contributed by atoms with Gasteiger partial charge in [-0.3, -0.25) is 4.98 Å². The molecule has 2 nitrogen and oxygen atoms in total. The second kappa shape index (κ2) is 5.27. The minimum atomic E-state index is 0.769. The molecule has 0 unspecified atom stereocenters. The Morgan fingerprint density at radius 2 is 2.32 bits per heavy atom. The van der Waals surface area contributed by atoms with Crippen LogP contribution in [0.4, 0.5) is 0 Å². The van der Waals surface area contributed by atoms with E-state index in [0.29, 0.717) is 0 Å². The van der Waals surface area contributed by atoms with Crippen LogP contribution in [0.2, 0.25) is 0 Å². The van der Waals surface area contributed by atoms with Gasteiger partial charge >= 0.3 is 0 Å². The first-order valence-electron chi connectivity index (χ1n) is 6.01. The lowest BCUT2D eigenvalue weighted by Gasteiger charge is -2.04. The van der Waals surface area contributed by atoms with Crippen molar-refractivity contribution in [3.8, 4) is 0 Å². The summed E-state index contributed by atoms with van der Waals surface area (Å²) in [5.74, 6) is 0. The van der Waals surface area contributed by atoms with E-state index >= 15 is 0 Å². The van der Waals surface area contributed by atoms with E-state index in [0.717, 1.165) is 26.9 Å². The van der Waals surface area contributed by atoms with Crippen LogP contribution < -0.4 is 10.6 Å². The number of pyridine rings is 1. The lowest BCUT2D eigenvalue weighted by Crippen LogP contribution is -2.24. The second-order valence-corrected chi connectivity index (χ2v) is 5.29. The van der Waals surface area contributed by atoms with Gasteiger partial charge in [0.15, 0.2) is 0 Å². The minimum absolute atomic E-state index is 0.769. The fraction of sp³-hybridized carbons (Fsp3) is 0.0625. The first kappa shape index (κ1) is 12.0. The summed E-state index contributed by atoms with van der Waals surface area (Å²) in [6.07, 6.45) is 14.6. The number of thioether (sulfide) groups is 1. The standard InChI is InChI=1S/C16H12N2S/c1-12-18-15-11-17-10-9-13(15)7-8-14-5-3-2-4-6-16(14)19-12/h2-3,5-7,9-11H,1,8H2/b13-7-,18-15-. The van der Waals surface area contributed by atoms with Crippen LogP contribution >= 0.6 is 11.8 Å². The largest absolute Gasteiger partial charge is 0.262 e. The summed E-state index contributed by atoms with van der Waals surface area (Å²) in [6, 6.07) is 1.98. The Morgan fingerprint density at radius 1 is 1.37 bits per heavy atom. The third-order valence-electron chi connectivity index (χ3n) is 2.87. The molecule has 0 bridgehead atoms. The molecule has 1 aliphatic carbocycles. The van der Waals surface area contributed by atoms with Crippen molar-refractivity contribution in [3.05, 3.63) is 81.2 Å². The Hall–Kier alpha value is -2.09. The van der Waals surface area contributed by atoms with Gasteiger partial charge in [-0.25, -0.2) is 4.99 Å². The average molecular weight is 264 g/mol. The topological polar surface area (TPSA) is 25.2 Å². The maximum Gasteiger partial charge on any atom is 0.0944 e. The van der Waals surface area contributed by atoms with Gasteiger partial charge in [0, 0.05) is 11.1 Å². The van der Waals surface area contributed by atoms with E-state index in [9.17, 15) is 0 Å². The Morgan fingerprint density at radius 3 is 3.26 bits per heavy atom. The van der Waals surface area contributed by atoms with E-state index in [1.54, 1.807) is 24.2 Å². The summed E-state index contributed by atoms with van der Waals surface area (Å²) in [5.41, 5.74) is 4.39. The molecule has 0 saturated carbocycles. The van der Waals surface area contributed by atoms with Crippen LogP contribution in [0.3, 0.4) is 0 Å². The summed E-state index contributed by atoms with van der Waals surface area (Å²) >= 11 is 1.58. The first-order chi connectivity index (χ1) is 9.33. The summed E-state index contributed by atoms with van der Waals surface area (Å²) < 4.78 is 0. The summed E-state index contributed by atoms with van der Waals surface area (Å²) in [7, 11) is 0. The van der Waals surface area contributed by atoms with Gasteiger partial charge in [-0.2, -0.15) is 0 Å². The number of rotatable bonds is 0. The molecule has 0 fully saturated rings. The van der Waals surface area contributed by atoms with Crippen LogP contribution in [-0.2, 0) is 0 Å². The molecule has 0 aromatic carbocycles. The Bertz CT molecular complexity index is 775. The van der Waals surface area contributed by atoms with E-state index in [-0.39, 0.29) is 0 Å². The normalized spacial score (nSPS) is 20.9. The van der Waals surface area contributed by atoms with Gasteiger partial charge in [0.2, 0.25) is 0 Å². The molecule has 0 spiro atoms. The van der Waals surface area contributed by atoms with Crippen molar-refractivity contribution in [1.82, 2.24) is 4.98 Å². The van der Waals surface area contributed by atoms with Crippen LogP contribution in [-0.4, -0.2) is 4.98 Å². The molecule has 92 valence electrons. The molecule has 2 heterocycles. The highest BCUT2D eigenvalue weighted by Crippen LogP contribution is 2.31. The molecule has 2 aliphatic rings. The van der Waals surface area contributed by atoms with E-state index < -0.39 is 0 Å². The fourth-order valence-corrected chi connectivity index (χ4v) is 2.76. The van der Waals surface area contributed by atoms with Crippen molar-refractivity contribution in [2.75, 3.05) is 0 Å². The molecular formula is C16H12N2S. The number of hydrogen-bond acceptors (Lipinski definition) is 3. The maximum absolute atomic E-state index is 4.54. The van der Waals surface area contributed by atoms with Crippen LogP contribution in [0.1, 0.15) is 6.42 Å². The van der Waals surface area contributed by atoms with Gasteiger partial charge in [-0.1, -0.05) is 36.6 Å². The highest BCUT2D eigenvalue weighted by Gasteiger charge is 2.07. The van der Waals surface area contributed by atoms with Crippen molar-refractivity contribution in [2.45, 2.75) is 6.42 Å². The molecule has 3 heteroatoms. The molecule has 0 amide bonds. The van der Waals surface area contributed by atoms with E-state index in [4.69, 9.17) is 0 Å². The van der Waals surface area contributed by atoms with Crippen LogP contribution in [0.15, 0.2) is 75.6 Å². The molecule has 1 aliphatic heterocycles. The lowest BCUT2D eigenvalue weighted by atomic mass is 10.1. The van der Waals surface area contributed by atoms with Crippen LogP contribution in [0.25, 0.3) is 6.08 Å². The average Bonchev–Trinajstić information content (AvgIpc) is 2.59. The number of nitrogens with zero attached hydrogens (tertiary/aromatic N) is 2. The van der Waals surface area contributed by atoms with Crippen molar-refractivity contribution in [1.29, 1.82) is 0 Å². The zero-order chi connectivity index (χ0) is 13.1. The highest BCUT2D eigenvalue weighted by atomic mass is 32.2. The number of allylic oxidation sites excluding steroid dienone is 4. The predicted octanol–water partition coefficient (Wildman–Crippen LogP) is 2.63. The van der Waals surface area contributed by atoms with Gasteiger partial charge in [0.1, 0.15) is 0 Å². The zero-order valence-electron chi connectivity index (χ0n) is 10.3. The third-order valence-corrected chi connectivity index (χ3v) is 3.80. The fourth-order valence-electron chi connectivity index (χ4n) is 1.95. The minimum Gasteiger partial charge on any atom is -0.262 e. The molecule has 0 N–H and O–H groups in total. The molecule has 1 aromatic rings. The predicted molar refractivity (Wildman–Crippen MR) is 79.7 cm³/mol. The second-order valence-electron chi connectivity index (χ2n) is 4.18. The number of hydrogen-bond donors (Lipinski definition) is 0. The van der Waals surface area contributed by atoms with E-state index in [1.807, 2.05) is 24.3 Å². The monoisotopic (exact) mass is 264 g/mol. The van der Waals surface area contributed by atoms with Gasteiger partial charge in [0.25, 0.3) is 0 Å². The third kappa shape index (κ3) is 2.68. The Balaban J connectivity index is 2.18. The van der Waals surface area contributed by atoms with Gasteiger partial charge in [0.05, 0.1) is 16.6 Å². The van der Waals surface area contributed by atoms with Crippen molar-refractivity contribution < 1.29 is 0 Å². The molecule has 3 rings (SSSR count). The number of aromatic nitrogens is 1. The highest BCUT2D eigenvalue weighted by molar-refractivity contribution is 8.06. The van der Waals surface area contributed by atoms with Crippen molar-refractivity contribution >= 4 is 17.8 Å². The zero-order valence-corrected chi connectivity index (χ0v) is 11.2. The van der Waals surface area contributed by atoms with Gasteiger partial charge < -0.3 is 0 Å². The lowest BCUT2D eigenvalue weighted by molar-refractivity contribution is 1.18. The summed E-state index contributed by atoms with van der Waals surface area (Å²) in [4.78, 5) is 9.81. The smallest absolute Gasteiger partial charge is 0.0944 e. The molecule has 19 heavy (non-hydrogen) atoms. The van der Waals surface area contributed by atoms with E-state index in [2.05, 4.69) is 34.4 Å². The summed E-state index contributed by atoms with van der Waals surface area (Å²) in [6.45, 7) is 4.02. The molecule has 0 radical (unpaired) electrons. The Labute approximate surface area is 116 Å². The summed E-state index contributed by atoms with van der Waals surface area (Å²) in [5, 5.41) is 2.74. The first-order valence-corrected chi connectivity index (χ1v) is 6.82. The van der Waals surface area contributed by atoms with Crippen LogP contribution in [0.5, 0.6) is 0 Å². The van der Waals surface area contributed by atoms with Crippen LogP contribution in [0, 0.1) is 0 Å². The number of fused-ring (bicyclic) bond motifs is 1. The quantitative estimate of drug-likeness (QED) is 0.673. The molecule has 0 saturated heterocycles. The molecule has 1 aromatic heterocycles. The van der Waals surface area contributed by atoms with E-state index in [1.165, 1.54) is 5.57 Å². The van der Waals surface area contributed by atoms with Crippen molar-refractivity contribution in [2.24, 2.45) is 4.99 Å². The SMILES string of the molecule is C=C1/N=c2/cncc/c2=C/CC2=C(C=C=CC=C2)S1.